The summed E-state index contributed by atoms with van der Waals surface area (Å²) in [7, 11) is 6.68. The number of fused-ring (bicyclic) bond motifs is 9. The number of carbonyl (C=O) groups is 3. The van der Waals surface area contributed by atoms with Crippen LogP contribution >= 0.6 is 99.0 Å². The van der Waals surface area contributed by atoms with Crippen LogP contribution in [0.2, 0.25) is 0 Å². The van der Waals surface area contributed by atoms with Crippen LogP contribution in [0, 0.1) is 35.7 Å². The number of nitrogens with zero attached hydrogens (tertiary/aromatic N) is 4. The first kappa shape index (κ1) is 72.9. The van der Waals surface area contributed by atoms with Gasteiger partial charge in [0.1, 0.15) is 35.1 Å². The molecule has 9 aromatic rings. The van der Waals surface area contributed by atoms with Gasteiger partial charge in [-0.2, -0.15) is 5.26 Å². The summed E-state index contributed by atoms with van der Waals surface area (Å²) in [6.07, 6.45) is -4.20. The Balaban J connectivity index is 0.000000142. The number of aliphatic carboxylic acids is 1. The van der Waals surface area contributed by atoms with E-state index in [9.17, 15) is 55.4 Å². The maximum Gasteiger partial charge on any atom is 0.309 e. The molecule has 15 rings (SSSR count). The number of hydrogen-bond donors (Lipinski definition) is 7. The predicted octanol–water partition coefficient (Wildman–Crippen LogP) is 15.3. The van der Waals surface area contributed by atoms with E-state index in [2.05, 4.69) is 74.6 Å². The molecule has 100 heavy (non-hydrogen) atoms. The summed E-state index contributed by atoms with van der Waals surface area (Å²) in [5, 5.41) is 92.2. The van der Waals surface area contributed by atoms with Crippen LogP contribution < -0.4 is 0 Å². The molecule has 3 fully saturated rings. The number of carboxylic acids is 1. The standard InChI is InChI=1S/C28H23N3O3S.C26H23Br2NO3S.C24H18Br2O4S.CH4/c1-30-20-13-14-21-22(15-20)35-28(19-11-9-17(16-29)10-12-19)24(18-7-5-4-6-8-18)23(26(33)31(2)3)25(32)27(21,28)34;1-29(2)24(31)21-22(15-6-4-3-5-7-15)26(16-8-10-17(27)11-9-16)25(32,23(21)30)19-13-12-18(28)14-20(19)33-26;25-15-8-6-14(7-9-15)24-20(13-4-2-1-3-5-13)19(22(28)29)21(27)23(24,30)17-11-10-16(26)12-18(17)31-24;/h4-15,23-25,32,34H,2-3H3;3-14,21-23,30,32H,1-2H3;1-12,19-21,27,30H,(H,28,29);1H4/t23-,24-,25-,27+,28+;21-,22-,23-,25+,26+;19-,20-,21-,23+,24+;/m111./s1. The number of amides is 2. The molecular formula is C79H68Br4N4O10S3. The first-order valence-electron chi connectivity index (χ1n) is 31.5. The number of nitriles is 1. The van der Waals surface area contributed by atoms with Gasteiger partial charge in [-0.15, -0.1) is 35.3 Å². The number of hydrogen-bond acceptors (Lipinski definition) is 13. The van der Waals surface area contributed by atoms with Crippen LogP contribution in [-0.2, 0) is 45.4 Å². The lowest BCUT2D eigenvalue weighted by molar-refractivity contribution is -0.150. The van der Waals surface area contributed by atoms with Crippen molar-refractivity contribution in [3.63, 3.8) is 0 Å². The minimum atomic E-state index is -1.82. The molecule has 3 aliphatic carbocycles. The largest absolute Gasteiger partial charge is 0.481 e. The van der Waals surface area contributed by atoms with Crippen LogP contribution in [0.4, 0.5) is 5.69 Å². The minimum absolute atomic E-state index is 0. The number of thioether (sulfide) groups is 3. The van der Waals surface area contributed by atoms with E-state index in [4.69, 9.17) is 6.57 Å². The van der Waals surface area contributed by atoms with Crippen molar-refractivity contribution >= 4 is 122 Å². The average Bonchev–Trinajstić information content (AvgIpc) is 1.52. The Morgan fingerprint density at radius 2 is 0.750 bits per heavy atom. The van der Waals surface area contributed by atoms with E-state index in [1.54, 1.807) is 76.7 Å². The fourth-order valence-electron chi connectivity index (χ4n) is 16.5. The van der Waals surface area contributed by atoms with Crippen LogP contribution in [0.25, 0.3) is 4.85 Å². The summed E-state index contributed by atoms with van der Waals surface area (Å²) in [4.78, 5) is 48.5. The molecule has 510 valence electrons. The molecule has 0 unspecified atom stereocenters. The van der Waals surface area contributed by atoms with Crippen LogP contribution in [0.15, 0.2) is 251 Å². The van der Waals surface area contributed by atoms with E-state index < -0.39 is 90.8 Å². The highest BCUT2D eigenvalue weighted by Crippen LogP contribution is 2.78. The Morgan fingerprint density at radius 3 is 1.07 bits per heavy atom. The zero-order valence-corrected chi connectivity index (χ0v) is 62.2. The van der Waals surface area contributed by atoms with Gasteiger partial charge in [-0.05, 0) is 106 Å². The Bertz CT molecular complexity index is 4730. The third-order valence-corrected chi connectivity index (χ3v) is 27.7. The van der Waals surface area contributed by atoms with Crippen molar-refractivity contribution in [2.24, 2.45) is 17.8 Å². The number of benzene rings is 9. The van der Waals surface area contributed by atoms with Gasteiger partial charge in [-0.3, -0.25) is 14.4 Å². The predicted molar refractivity (Wildman–Crippen MR) is 403 cm³/mol. The van der Waals surface area contributed by atoms with E-state index >= 15 is 0 Å². The van der Waals surface area contributed by atoms with Gasteiger partial charge in [0.05, 0.1) is 50.2 Å². The van der Waals surface area contributed by atoms with Crippen LogP contribution in [0.3, 0.4) is 0 Å². The lowest BCUT2D eigenvalue weighted by Crippen LogP contribution is -2.48. The molecule has 9 aromatic carbocycles. The molecule has 0 spiro atoms. The van der Waals surface area contributed by atoms with Crippen molar-refractivity contribution in [3.05, 3.63) is 303 Å². The van der Waals surface area contributed by atoms with Gasteiger partial charge in [-0.1, -0.05) is 223 Å². The molecule has 15 atom stereocenters. The summed E-state index contributed by atoms with van der Waals surface area (Å²) >= 11 is 18.4. The van der Waals surface area contributed by atoms with Gasteiger partial charge in [0, 0.05) is 89.6 Å². The summed E-state index contributed by atoms with van der Waals surface area (Å²) in [5.74, 6) is -6.25. The minimum Gasteiger partial charge on any atom is -0.481 e. The molecule has 14 nitrogen and oxygen atoms in total. The maximum absolute atomic E-state index is 13.6. The normalized spacial score (nSPS) is 29.6. The highest BCUT2D eigenvalue weighted by atomic mass is 79.9. The van der Waals surface area contributed by atoms with E-state index in [0.717, 1.165) is 55.5 Å². The van der Waals surface area contributed by atoms with E-state index in [0.29, 0.717) is 38.4 Å². The quantitative estimate of drug-likeness (QED) is 0.0668. The number of carboxylic acid groups (broad SMARTS) is 1. The number of carbonyl (C=O) groups excluding carboxylic acids is 2. The molecule has 0 bridgehead atoms. The topological polar surface area (TPSA) is 227 Å². The smallest absolute Gasteiger partial charge is 0.309 e. The Kier molecular flexibility index (Phi) is 20.2. The zero-order chi connectivity index (χ0) is 70.5. The fraction of sp³-hybridized carbons (Fsp3) is 0.253. The van der Waals surface area contributed by atoms with Gasteiger partial charge in [0.25, 0.3) is 0 Å². The second kappa shape index (κ2) is 27.7. The summed E-state index contributed by atoms with van der Waals surface area (Å²) in [5.41, 5.74) is 2.18. The second-order valence-corrected chi connectivity index (χ2v) is 33.5. The first-order valence-corrected chi connectivity index (χ1v) is 37.2. The average molecular weight is 1650 g/mol. The molecular weight excluding hydrogens is 1580 g/mol. The number of aliphatic hydroxyl groups excluding tert-OH is 3. The Hall–Kier alpha value is -6.90. The lowest BCUT2D eigenvalue weighted by atomic mass is 9.72. The van der Waals surface area contributed by atoms with Crippen molar-refractivity contribution in [1.29, 1.82) is 5.26 Å². The van der Waals surface area contributed by atoms with Gasteiger partial charge >= 0.3 is 5.97 Å². The Labute approximate surface area is 626 Å². The molecule has 21 heteroatoms. The lowest BCUT2D eigenvalue weighted by Gasteiger charge is -2.41. The number of halogens is 4. The third kappa shape index (κ3) is 10.9. The van der Waals surface area contributed by atoms with Crippen molar-refractivity contribution < 1.29 is 50.1 Å². The second-order valence-electron chi connectivity index (χ2n) is 26.0. The van der Waals surface area contributed by atoms with Gasteiger partial charge < -0.3 is 45.5 Å². The van der Waals surface area contributed by atoms with Gasteiger partial charge in [0.15, 0.2) is 5.69 Å². The molecule has 0 radical (unpaired) electrons. The molecule has 3 aliphatic heterocycles. The van der Waals surface area contributed by atoms with E-state index in [-0.39, 0.29) is 19.2 Å². The molecule has 7 N–H and O–H groups in total. The number of aliphatic hydroxyl groups is 6. The molecule has 3 heterocycles. The zero-order valence-electron chi connectivity index (χ0n) is 53.4. The SMILES string of the molecule is C.CN(C)C(=O)[C@H]1[C@@H](O)[C@@]2(O)c3ccc(Br)cc3S[C@@]2(c2ccc(Br)cc2)[C@@H]1c1ccccc1.O=C(O)[C@H]1[C@@H](O)[C@@]2(O)c3ccc(Br)cc3S[C@@]2(c2ccc(Br)cc2)[C@@H]1c1ccccc1.[C-]#[N+]c1ccc2c(c1)S[C@@]1(c3ccc(C#N)cc3)[C@H](c3ccccc3)[C@@H](C(=O)N(C)C)[C@@H](O)[C@@]21O. The van der Waals surface area contributed by atoms with E-state index in [1.165, 1.54) is 45.1 Å². The monoisotopic (exact) mass is 1640 g/mol. The maximum atomic E-state index is 13.6. The van der Waals surface area contributed by atoms with Crippen molar-refractivity contribution in [2.75, 3.05) is 28.2 Å². The van der Waals surface area contributed by atoms with Gasteiger partial charge in [-0.25, -0.2) is 4.85 Å². The third-order valence-electron chi connectivity index (χ3n) is 20.6. The molecule has 3 saturated carbocycles. The van der Waals surface area contributed by atoms with Crippen LogP contribution in [0.1, 0.15) is 80.8 Å². The van der Waals surface area contributed by atoms with Crippen molar-refractivity contribution in [2.45, 2.75) is 89.2 Å². The molecule has 6 aliphatic rings. The first-order chi connectivity index (χ1) is 47.3. The van der Waals surface area contributed by atoms with Crippen molar-refractivity contribution in [1.82, 2.24) is 9.80 Å². The summed E-state index contributed by atoms with van der Waals surface area (Å²) in [6.45, 7) is 7.44. The summed E-state index contributed by atoms with van der Waals surface area (Å²) < 4.78 is 0.244. The van der Waals surface area contributed by atoms with Gasteiger partial charge in [0.2, 0.25) is 11.8 Å². The number of rotatable bonds is 9. The Morgan fingerprint density at radius 1 is 0.450 bits per heavy atom. The van der Waals surface area contributed by atoms with Crippen LogP contribution in [0.5, 0.6) is 0 Å². The summed E-state index contributed by atoms with van der Waals surface area (Å²) in [6, 6.07) is 69.4. The molecule has 0 saturated heterocycles. The molecule has 0 aromatic heterocycles. The van der Waals surface area contributed by atoms with Crippen molar-refractivity contribution in [3.8, 4) is 6.07 Å². The molecule has 2 amide bonds. The fourth-order valence-corrected chi connectivity index (χ4v) is 23.8. The highest BCUT2D eigenvalue weighted by molar-refractivity contribution is 9.11. The van der Waals surface area contributed by atoms with Crippen LogP contribution in [-0.4, -0.2) is 110 Å². The van der Waals surface area contributed by atoms with E-state index in [1.807, 2.05) is 170 Å². The highest BCUT2D eigenvalue weighted by Gasteiger charge is 2.78.